The van der Waals surface area contributed by atoms with Crippen molar-refractivity contribution in [1.82, 2.24) is 15.1 Å². The lowest BCUT2D eigenvalue weighted by molar-refractivity contribution is 0.202. The molecule has 0 bridgehead atoms. The van der Waals surface area contributed by atoms with E-state index in [4.69, 9.17) is 0 Å². The summed E-state index contributed by atoms with van der Waals surface area (Å²) in [6.45, 7) is 9.24. The second kappa shape index (κ2) is 5.69. The lowest BCUT2D eigenvalue weighted by Gasteiger charge is -2.32. The number of hydrogen-bond donors (Lipinski definition) is 1. The fourth-order valence-electron chi connectivity index (χ4n) is 1.80. The molecule has 0 aliphatic carbocycles. The Labute approximate surface area is 88.5 Å². The molecule has 0 radical (unpaired) electrons. The van der Waals surface area contributed by atoms with Crippen LogP contribution >= 0.6 is 0 Å². The van der Waals surface area contributed by atoms with E-state index >= 15 is 0 Å². The molecule has 0 spiro atoms. The predicted molar refractivity (Wildman–Crippen MR) is 61.7 cm³/mol. The van der Waals surface area contributed by atoms with Crippen LogP contribution in [0.3, 0.4) is 0 Å². The van der Waals surface area contributed by atoms with E-state index < -0.39 is 0 Å². The molecule has 1 aliphatic rings. The average molecular weight is 199 g/mol. The first-order valence-electron chi connectivity index (χ1n) is 5.71. The van der Waals surface area contributed by atoms with E-state index in [1.807, 2.05) is 0 Å². The number of hydrogen-bond acceptors (Lipinski definition) is 3. The summed E-state index contributed by atoms with van der Waals surface area (Å²) in [4.78, 5) is 4.83. The van der Waals surface area contributed by atoms with Gasteiger partial charge in [0.05, 0.1) is 0 Å². The van der Waals surface area contributed by atoms with Crippen LogP contribution in [-0.4, -0.2) is 62.2 Å². The number of likely N-dealkylation sites (N-methyl/N-ethyl adjacent to an activating group) is 1. The van der Waals surface area contributed by atoms with Crippen LogP contribution in [0.4, 0.5) is 0 Å². The summed E-state index contributed by atoms with van der Waals surface area (Å²) in [5, 5.41) is 3.58. The zero-order chi connectivity index (χ0) is 10.6. The van der Waals surface area contributed by atoms with Gasteiger partial charge in [0.15, 0.2) is 0 Å². The SMILES string of the molecule is CC(C)N(C)CCC1CN(C)CCN1. The summed E-state index contributed by atoms with van der Waals surface area (Å²) in [7, 11) is 4.41. The van der Waals surface area contributed by atoms with E-state index in [9.17, 15) is 0 Å². The van der Waals surface area contributed by atoms with Crippen molar-refractivity contribution in [3.63, 3.8) is 0 Å². The number of nitrogens with one attached hydrogen (secondary N) is 1. The molecule has 0 saturated carbocycles. The van der Waals surface area contributed by atoms with Gasteiger partial charge < -0.3 is 15.1 Å². The number of nitrogens with zero attached hydrogens (tertiary/aromatic N) is 2. The van der Waals surface area contributed by atoms with Crippen LogP contribution in [0.5, 0.6) is 0 Å². The Morgan fingerprint density at radius 3 is 2.79 bits per heavy atom. The van der Waals surface area contributed by atoms with E-state index in [1.165, 1.54) is 26.1 Å². The van der Waals surface area contributed by atoms with E-state index in [0.717, 1.165) is 6.54 Å². The molecule has 1 fully saturated rings. The highest BCUT2D eigenvalue weighted by atomic mass is 15.2. The highest BCUT2D eigenvalue weighted by Crippen LogP contribution is 2.03. The van der Waals surface area contributed by atoms with Gasteiger partial charge >= 0.3 is 0 Å². The Bertz CT molecular complexity index is 159. The fraction of sp³-hybridized carbons (Fsp3) is 1.00. The second-order valence-electron chi connectivity index (χ2n) is 4.78. The van der Waals surface area contributed by atoms with Crippen LogP contribution in [0.25, 0.3) is 0 Å². The van der Waals surface area contributed by atoms with Crippen LogP contribution in [0.1, 0.15) is 20.3 Å². The highest BCUT2D eigenvalue weighted by molar-refractivity contribution is 4.77. The predicted octanol–water partition coefficient (Wildman–Crippen LogP) is 0.620. The monoisotopic (exact) mass is 199 g/mol. The molecule has 0 aromatic carbocycles. The lowest BCUT2D eigenvalue weighted by atomic mass is 10.1. The van der Waals surface area contributed by atoms with Crippen molar-refractivity contribution in [1.29, 1.82) is 0 Å². The Hall–Kier alpha value is -0.120. The minimum atomic E-state index is 0.663. The topological polar surface area (TPSA) is 18.5 Å². The van der Waals surface area contributed by atoms with Crippen molar-refractivity contribution in [2.45, 2.75) is 32.4 Å². The van der Waals surface area contributed by atoms with Gasteiger partial charge in [-0.1, -0.05) is 0 Å². The summed E-state index contributed by atoms with van der Waals surface area (Å²) in [6.07, 6.45) is 1.26. The van der Waals surface area contributed by atoms with Crippen LogP contribution in [0.2, 0.25) is 0 Å². The van der Waals surface area contributed by atoms with Gasteiger partial charge in [-0.15, -0.1) is 0 Å². The minimum Gasteiger partial charge on any atom is -0.311 e. The first-order valence-corrected chi connectivity index (χ1v) is 5.71. The molecule has 3 heteroatoms. The first kappa shape index (κ1) is 12.0. The summed E-state index contributed by atoms with van der Waals surface area (Å²) in [5.41, 5.74) is 0. The molecule has 1 N–H and O–H groups in total. The van der Waals surface area contributed by atoms with E-state index in [0.29, 0.717) is 12.1 Å². The summed E-state index contributed by atoms with van der Waals surface area (Å²) < 4.78 is 0. The van der Waals surface area contributed by atoms with Crippen molar-refractivity contribution in [3.05, 3.63) is 0 Å². The Balaban J connectivity index is 2.17. The summed E-state index contributed by atoms with van der Waals surface area (Å²) >= 11 is 0. The van der Waals surface area contributed by atoms with Crippen molar-refractivity contribution in [3.8, 4) is 0 Å². The first-order chi connectivity index (χ1) is 6.59. The third kappa shape index (κ3) is 3.95. The summed E-state index contributed by atoms with van der Waals surface area (Å²) in [6, 6.07) is 1.35. The Morgan fingerprint density at radius 2 is 2.21 bits per heavy atom. The van der Waals surface area contributed by atoms with Crippen molar-refractivity contribution >= 4 is 0 Å². The van der Waals surface area contributed by atoms with Gasteiger partial charge in [-0.05, 0) is 40.9 Å². The third-order valence-electron chi connectivity index (χ3n) is 3.17. The maximum absolute atomic E-state index is 3.58. The maximum atomic E-state index is 3.58. The largest absolute Gasteiger partial charge is 0.311 e. The molecule has 1 heterocycles. The van der Waals surface area contributed by atoms with Crippen LogP contribution in [0.15, 0.2) is 0 Å². The standard InChI is InChI=1S/C11H25N3/c1-10(2)14(4)7-5-11-9-13(3)8-6-12-11/h10-12H,5-9H2,1-4H3. The van der Waals surface area contributed by atoms with Crippen LogP contribution in [0, 0.1) is 0 Å². The van der Waals surface area contributed by atoms with E-state index in [2.05, 4.69) is 43.1 Å². The van der Waals surface area contributed by atoms with Gasteiger partial charge in [-0.3, -0.25) is 0 Å². The minimum absolute atomic E-state index is 0.663. The highest BCUT2D eigenvalue weighted by Gasteiger charge is 2.16. The average Bonchev–Trinajstić information content (AvgIpc) is 2.14. The molecule has 14 heavy (non-hydrogen) atoms. The summed E-state index contributed by atoms with van der Waals surface area (Å²) in [5.74, 6) is 0. The van der Waals surface area contributed by atoms with Crippen molar-refractivity contribution < 1.29 is 0 Å². The van der Waals surface area contributed by atoms with Crippen molar-refractivity contribution in [2.75, 3.05) is 40.3 Å². The van der Waals surface area contributed by atoms with Gasteiger partial charge in [-0.2, -0.15) is 0 Å². The lowest BCUT2D eigenvalue weighted by Crippen LogP contribution is -2.50. The molecule has 0 aromatic heterocycles. The molecule has 1 unspecified atom stereocenters. The fourth-order valence-corrected chi connectivity index (χ4v) is 1.80. The molecule has 0 aromatic rings. The second-order valence-corrected chi connectivity index (χ2v) is 4.78. The molecule has 3 nitrogen and oxygen atoms in total. The van der Waals surface area contributed by atoms with Gasteiger partial charge in [-0.25, -0.2) is 0 Å². The molecule has 84 valence electrons. The van der Waals surface area contributed by atoms with Gasteiger partial charge in [0, 0.05) is 31.7 Å². The molecule has 1 saturated heterocycles. The molecular formula is C11H25N3. The molecular weight excluding hydrogens is 174 g/mol. The Morgan fingerprint density at radius 1 is 1.50 bits per heavy atom. The Kier molecular flexibility index (Phi) is 4.85. The normalized spacial score (nSPS) is 24.9. The number of rotatable bonds is 4. The van der Waals surface area contributed by atoms with Crippen LogP contribution in [-0.2, 0) is 0 Å². The third-order valence-corrected chi connectivity index (χ3v) is 3.17. The zero-order valence-corrected chi connectivity index (χ0v) is 10.1. The van der Waals surface area contributed by atoms with Gasteiger partial charge in [0.1, 0.15) is 0 Å². The number of piperazine rings is 1. The molecule has 0 amide bonds. The van der Waals surface area contributed by atoms with Gasteiger partial charge in [0.2, 0.25) is 0 Å². The molecule has 1 atom stereocenters. The zero-order valence-electron chi connectivity index (χ0n) is 10.1. The van der Waals surface area contributed by atoms with E-state index in [-0.39, 0.29) is 0 Å². The van der Waals surface area contributed by atoms with Crippen LogP contribution < -0.4 is 5.32 Å². The van der Waals surface area contributed by atoms with E-state index in [1.54, 1.807) is 0 Å². The maximum Gasteiger partial charge on any atom is 0.0207 e. The molecule has 1 aliphatic heterocycles. The smallest absolute Gasteiger partial charge is 0.0207 e. The van der Waals surface area contributed by atoms with Gasteiger partial charge in [0.25, 0.3) is 0 Å². The molecule has 1 rings (SSSR count). The quantitative estimate of drug-likeness (QED) is 0.716. The van der Waals surface area contributed by atoms with Crippen molar-refractivity contribution in [2.24, 2.45) is 0 Å².